The average Bonchev–Trinajstić information content (AvgIpc) is 3.15. The standard InChI is InChI=1S/C17H15Cl2N5O2/c1-9(2)16(25)21-15-14(23-6-4-5-20-23)17(26)24(22-15)13-11(18)7-10(3)8-12(13)19/h4-8,22H,1H2,2-3H3,(H,21,25). The fourth-order valence-electron chi connectivity index (χ4n) is 2.41. The predicted octanol–water partition coefficient (Wildman–Crippen LogP) is 3.48. The molecule has 3 rings (SSSR count). The maximum Gasteiger partial charge on any atom is 0.299 e. The van der Waals surface area contributed by atoms with Crippen molar-refractivity contribution < 1.29 is 4.79 Å². The van der Waals surface area contributed by atoms with E-state index in [9.17, 15) is 9.59 Å². The Kier molecular flexibility index (Phi) is 4.76. The third-order valence-electron chi connectivity index (χ3n) is 3.61. The van der Waals surface area contributed by atoms with Crippen LogP contribution in [0.4, 0.5) is 5.82 Å². The highest BCUT2D eigenvalue weighted by atomic mass is 35.5. The van der Waals surface area contributed by atoms with Crippen molar-refractivity contribution in [2.45, 2.75) is 13.8 Å². The molecule has 0 atom stereocenters. The van der Waals surface area contributed by atoms with Crippen LogP contribution in [-0.2, 0) is 4.79 Å². The van der Waals surface area contributed by atoms with Crippen molar-refractivity contribution in [1.82, 2.24) is 19.6 Å². The van der Waals surface area contributed by atoms with Gasteiger partial charge in [-0.3, -0.25) is 14.7 Å². The first-order valence-electron chi connectivity index (χ1n) is 7.57. The van der Waals surface area contributed by atoms with Gasteiger partial charge in [-0.1, -0.05) is 29.8 Å². The van der Waals surface area contributed by atoms with E-state index < -0.39 is 11.5 Å². The monoisotopic (exact) mass is 391 g/mol. The lowest BCUT2D eigenvalue weighted by atomic mass is 10.2. The largest absolute Gasteiger partial charge is 0.305 e. The number of nitrogens with zero attached hydrogens (tertiary/aromatic N) is 3. The quantitative estimate of drug-likeness (QED) is 0.667. The number of amides is 1. The second-order valence-electron chi connectivity index (χ2n) is 5.74. The molecule has 3 aromatic rings. The molecule has 2 aromatic heterocycles. The zero-order valence-electron chi connectivity index (χ0n) is 14.0. The van der Waals surface area contributed by atoms with Crippen LogP contribution in [0.15, 0.2) is 47.5 Å². The number of rotatable bonds is 4. The van der Waals surface area contributed by atoms with Crippen LogP contribution in [0.2, 0.25) is 10.0 Å². The number of hydrogen-bond acceptors (Lipinski definition) is 3. The molecule has 0 fully saturated rings. The summed E-state index contributed by atoms with van der Waals surface area (Å²) in [6.45, 7) is 6.99. The highest BCUT2D eigenvalue weighted by Crippen LogP contribution is 2.30. The van der Waals surface area contributed by atoms with Crippen LogP contribution >= 0.6 is 23.2 Å². The highest BCUT2D eigenvalue weighted by molar-refractivity contribution is 6.37. The summed E-state index contributed by atoms with van der Waals surface area (Å²) in [5, 5.41) is 10.1. The van der Waals surface area contributed by atoms with Crippen molar-refractivity contribution in [2.24, 2.45) is 0 Å². The molecule has 0 radical (unpaired) electrons. The van der Waals surface area contributed by atoms with Gasteiger partial charge in [-0.05, 0) is 37.6 Å². The van der Waals surface area contributed by atoms with E-state index in [0.717, 1.165) is 5.56 Å². The van der Waals surface area contributed by atoms with Crippen molar-refractivity contribution in [3.8, 4) is 11.4 Å². The number of carbonyl (C=O) groups is 1. The van der Waals surface area contributed by atoms with E-state index in [1.54, 1.807) is 31.3 Å². The lowest BCUT2D eigenvalue weighted by Crippen LogP contribution is -2.19. The number of H-pyrrole nitrogens is 1. The Morgan fingerprint density at radius 2 is 1.92 bits per heavy atom. The number of carbonyl (C=O) groups excluding carboxylic acids is 1. The van der Waals surface area contributed by atoms with Crippen LogP contribution in [0.25, 0.3) is 11.4 Å². The molecule has 0 aliphatic carbocycles. The van der Waals surface area contributed by atoms with Gasteiger partial charge in [0.05, 0.1) is 10.0 Å². The third-order valence-corrected chi connectivity index (χ3v) is 4.19. The van der Waals surface area contributed by atoms with Crippen LogP contribution in [0.1, 0.15) is 12.5 Å². The fourth-order valence-corrected chi connectivity index (χ4v) is 3.18. The number of nitrogens with one attached hydrogen (secondary N) is 2. The van der Waals surface area contributed by atoms with Gasteiger partial charge in [0.15, 0.2) is 11.5 Å². The second kappa shape index (κ2) is 6.86. The number of benzene rings is 1. The summed E-state index contributed by atoms with van der Waals surface area (Å²) in [5.41, 5.74) is 1.08. The van der Waals surface area contributed by atoms with E-state index in [1.165, 1.54) is 15.6 Å². The summed E-state index contributed by atoms with van der Waals surface area (Å²) in [6, 6.07) is 5.04. The molecule has 7 nitrogen and oxygen atoms in total. The molecule has 0 saturated heterocycles. The molecule has 0 bridgehead atoms. The van der Waals surface area contributed by atoms with E-state index in [1.807, 2.05) is 6.92 Å². The van der Waals surface area contributed by atoms with Gasteiger partial charge in [-0.2, -0.15) is 5.10 Å². The summed E-state index contributed by atoms with van der Waals surface area (Å²) in [5.74, 6) is -0.285. The Labute approximate surface area is 158 Å². The van der Waals surface area contributed by atoms with Gasteiger partial charge >= 0.3 is 0 Å². The van der Waals surface area contributed by atoms with Crippen LogP contribution in [0.3, 0.4) is 0 Å². The van der Waals surface area contributed by atoms with Gasteiger partial charge in [-0.25, -0.2) is 9.36 Å². The van der Waals surface area contributed by atoms with Crippen LogP contribution in [0, 0.1) is 6.92 Å². The predicted molar refractivity (Wildman–Crippen MR) is 102 cm³/mol. The molecule has 0 aliphatic rings. The van der Waals surface area contributed by atoms with Crippen molar-refractivity contribution in [2.75, 3.05) is 5.32 Å². The minimum Gasteiger partial charge on any atom is -0.305 e. The Hall–Kier alpha value is -2.77. The molecule has 2 heterocycles. The van der Waals surface area contributed by atoms with Crippen LogP contribution in [0.5, 0.6) is 0 Å². The van der Waals surface area contributed by atoms with Gasteiger partial charge in [0.25, 0.3) is 11.5 Å². The summed E-state index contributed by atoms with van der Waals surface area (Å²) >= 11 is 12.6. The second-order valence-corrected chi connectivity index (χ2v) is 6.55. The number of aryl methyl sites for hydroxylation is 1. The minimum atomic E-state index is -0.474. The van der Waals surface area contributed by atoms with Gasteiger partial charge in [-0.15, -0.1) is 0 Å². The molecular weight excluding hydrogens is 377 g/mol. The van der Waals surface area contributed by atoms with Crippen molar-refractivity contribution in [3.63, 3.8) is 0 Å². The zero-order chi connectivity index (χ0) is 19.0. The smallest absolute Gasteiger partial charge is 0.299 e. The first-order chi connectivity index (χ1) is 12.3. The molecule has 1 amide bonds. The lowest BCUT2D eigenvalue weighted by Gasteiger charge is -2.08. The summed E-state index contributed by atoms with van der Waals surface area (Å²) in [6.07, 6.45) is 3.11. The van der Waals surface area contributed by atoms with E-state index in [-0.39, 0.29) is 22.8 Å². The fraction of sp³-hybridized carbons (Fsp3) is 0.118. The summed E-state index contributed by atoms with van der Waals surface area (Å²) in [4.78, 5) is 25.1. The zero-order valence-corrected chi connectivity index (χ0v) is 15.5. The summed E-state index contributed by atoms with van der Waals surface area (Å²) in [7, 11) is 0. The molecule has 0 unspecified atom stereocenters. The highest BCUT2D eigenvalue weighted by Gasteiger charge is 2.22. The Balaban J connectivity index is 2.25. The summed E-state index contributed by atoms with van der Waals surface area (Å²) < 4.78 is 2.52. The minimum absolute atomic E-state index is 0.123. The van der Waals surface area contributed by atoms with E-state index in [0.29, 0.717) is 10.0 Å². The first-order valence-corrected chi connectivity index (χ1v) is 8.33. The molecule has 1 aromatic carbocycles. The number of aromatic nitrogens is 4. The lowest BCUT2D eigenvalue weighted by molar-refractivity contribution is -0.112. The molecule has 0 aliphatic heterocycles. The Morgan fingerprint density at radius 1 is 1.27 bits per heavy atom. The molecule has 134 valence electrons. The molecule has 2 N–H and O–H groups in total. The van der Waals surface area contributed by atoms with Crippen LogP contribution < -0.4 is 10.9 Å². The average molecular weight is 392 g/mol. The molecular formula is C17H15Cl2N5O2. The topological polar surface area (TPSA) is 84.7 Å². The number of halogens is 2. The number of anilines is 1. The van der Waals surface area contributed by atoms with Crippen molar-refractivity contribution in [3.05, 3.63) is 68.7 Å². The van der Waals surface area contributed by atoms with E-state index in [4.69, 9.17) is 23.2 Å². The SMILES string of the molecule is C=C(C)C(=O)Nc1[nH]n(-c2c(Cl)cc(C)cc2Cl)c(=O)c1-n1cccn1. The first kappa shape index (κ1) is 18.0. The van der Waals surface area contributed by atoms with Crippen molar-refractivity contribution in [1.29, 1.82) is 0 Å². The van der Waals surface area contributed by atoms with Gasteiger partial charge in [0.1, 0.15) is 5.69 Å². The van der Waals surface area contributed by atoms with Crippen molar-refractivity contribution >= 4 is 34.9 Å². The number of aromatic amines is 1. The number of hydrogen-bond donors (Lipinski definition) is 2. The molecule has 26 heavy (non-hydrogen) atoms. The van der Waals surface area contributed by atoms with E-state index >= 15 is 0 Å². The van der Waals surface area contributed by atoms with Gasteiger partial charge in [0, 0.05) is 18.0 Å². The molecule has 0 spiro atoms. The maximum absolute atomic E-state index is 13.0. The maximum atomic E-state index is 13.0. The van der Waals surface area contributed by atoms with Gasteiger partial charge < -0.3 is 5.32 Å². The Bertz CT molecular complexity index is 1040. The van der Waals surface area contributed by atoms with Gasteiger partial charge in [0.2, 0.25) is 0 Å². The molecule has 0 saturated carbocycles. The third kappa shape index (κ3) is 3.18. The van der Waals surface area contributed by atoms with Crippen LogP contribution in [-0.4, -0.2) is 25.5 Å². The Morgan fingerprint density at radius 3 is 2.46 bits per heavy atom. The van der Waals surface area contributed by atoms with E-state index in [2.05, 4.69) is 22.1 Å². The molecule has 9 heteroatoms. The normalized spacial score (nSPS) is 10.8.